The van der Waals surface area contributed by atoms with Gasteiger partial charge in [-0.15, -0.1) is 0 Å². The molecule has 0 aliphatic heterocycles. The number of rotatable bonds is 6. The molecule has 0 aliphatic rings. The summed E-state index contributed by atoms with van der Waals surface area (Å²) in [6.07, 6.45) is 2.01. The zero-order chi connectivity index (χ0) is 13.5. The van der Waals surface area contributed by atoms with Crippen LogP contribution in [-0.4, -0.2) is 24.3 Å². The fourth-order valence-electron chi connectivity index (χ4n) is 1.31. The van der Waals surface area contributed by atoms with Gasteiger partial charge in [-0.3, -0.25) is 0 Å². The van der Waals surface area contributed by atoms with Crippen LogP contribution in [0.4, 0.5) is 8.78 Å². The van der Waals surface area contributed by atoms with Crippen molar-refractivity contribution in [3.63, 3.8) is 0 Å². The Morgan fingerprint density at radius 3 is 2.78 bits per heavy atom. The summed E-state index contributed by atoms with van der Waals surface area (Å²) in [5.41, 5.74) is 0.212. The maximum absolute atomic E-state index is 12.3. The Hall–Kier alpha value is -2.11. The summed E-state index contributed by atoms with van der Waals surface area (Å²) in [5, 5.41) is 8.51. The van der Waals surface area contributed by atoms with Gasteiger partial charge >= 0.3 is 12.6 Å². The molecule has 6 heteroatoms. The topological polar surface area (TPSA) is 55.8 Å². The molecule has 0 saturated carbocycles. The van der Waals surface area contributed by atoms with Gasteiger partial charge in [0.25, 0.3) is 0 Å². The van der Waals surface area contributed by atoms with Crippen LogP contribution in [0.1, 0.15) is 12.5 Å². The van der Waals surface area contributed by atoms with Crippen molar-refractivity contribution >= 4 is 12.0 Å². The van der Waals surface area contributed by atoms with Gasteiger partial charge in [0.15, 0.2) is 11.5 Å². The summed E-state index contributed by atoms with van der Waals surface area (Å²) in [7, 11) is 0. The summed E-state index contributed by atoms with van der Waals surface area (Å²) in [4.78, 5) is 10.4. The van der Waals surface area contributed by atoms with E-state index in [1.165, 1.54) is 18.2 Å². The Morgan fingerprint density at radius 2 is 2.22 bits per heavy atom. The molecule has 18 heavy (non-hydrogen) atoms. The molecule has 0 aromatic heterocycles. The van der Waals surface area contributed by atoms with Gasteiger partial charge in [0.05, 0.1) is 6.61 Å². The molecule has 0 radical (unpaired) electrons. The largest absolute Gasteiger partial charge is 0.490 e. The van der Waals surface area contributed by atoms with E-state index in [1.54, 1.807) is 13.0 Å². The summed E-state index contributed by atoms with van der Waals surface area (Å²) in [5.74, 6) is -1.21. The number of alkyl halides is 2. The lowest BCUT2D eigenvalue weighted by atomic mass is 10.1. The molecule has 1 rings (SSSR count). The van der Waals surface area contributed by atoms with Gasteiger partial charge < -0.3 is 14.6 Å². The highest BCUT2D eigenvalue weighted by Crippen LogP contribution is 2.33. The van der Waals surface area contributed by atoms with Crippen molar-refractivity contribution in [3.8, 4) is 11.5 Å². The monoisotopic (exact) mass is 258 g/mol. The number of hydrogen-bond acceptors (Lipinski definition) is 3. The lowest BCUT2D eigenvalue weighted by Crippen LogP contribution is -2.06. The van der Waals surface area contributed by atoms with Crippen LogP contribution in [-0.2, 0) is 4.79 Å². The van der Waals surface area contributed by atoms with Gasteiger partial charge in [-0.2, -0.15) is 8.78 Å². The minimum Gasteiger partial charge on any atom is -0.490 e. The number of benzene rings is 1. The Kier molecular flexibility index (Phi) is 5.10. The number of aliphatic carboxylic acids is 1. The molecule has 0 fully saturated rings. The Morgan fingerprint density at radius 1 is 1.50 bits per heavy atom. The van der Waals surface area contributed by atoms with Crippen molar-refractivity contribution in [2.45, 2.75) is 13.5 Å². The predicted molar refractivity (Wildman–Crippen MR) is 60.9 cm³/mol. The number of carboxylic acids is 1. The number of hydrogen-bond donors (Lipinski definition) is 1. The van der Waals surface area contributed by atoms with E-state index in [0.29, 0.717) is 0 Å². The molecule has 0 spiro atoms. The van der Waals surface area contributed by atoms with E-state index >= 15 is 0 Å². The molecule has 0 unspecified atom stereocenters. The van der Waals surface area contributed by atoms with Crippen molar-refractivity contribution in [1.82, 2.24) is 0 Å². The molecule has 0 amide bonds. The zero-order valence-electron chi connectivity index (χ0n) is 9.60. The van der Waals surface area contributed by atoms with Crippen molar-refractivity contribution in [2.75, 3.05) is 6.61 Å². The molecule has 98 valence electrons. The van der Waals surface area contributed by atoms with Crippen molar-refractivity contribution in [2.24, 2.45) is 0 Å². The Bertz CT molecular complexity index is 444. The van der Waals surface area contributed by atoms with E-state index in [-0.39, 0.29) is 23.7 Å². The highest BCUT2D eigenvalue weighted by molar-refractivity contribution is 5.86. The molecule has 1 aromatic rings. The molecule has 0 atom stereocenters. The van der Waals surface area contributed by atoms with Gasteiger partial charge in [0.1, 0.15) is 0 Å². The van der Waals surface area contributed by atoms with Gasteiger partial charge in [-0.05, 0) is 19.1 Å². The summed E-state index contributed by atoms with van der Waals surface area (Å²) in [6.45, 7) is -1.03. The van der Waals surface area contributed by atoms with Crippen LogP contribution >= 0.6 is 0 Å². The molecule has 0 bridgehead atoms. The third-order valence-corrected chi connectivity index (χ3v) is 1.92. The van der Waals surface area contributed by atoms with Crippen molar-refractivity contribution < 1.29 is 28.2 Å². The molecule has 0 heterocycles. The fourth-order valence-corrected chi connectivity index (χ4v) is 1.31. The van der Waals surface area contributed by atoms with Crippen LogP contribution in [0.15, 0.2) is 24.3 Å². The average Bonchev–Trinajstić information content (AvgIpc) is 2.29. The normalized spacial score (nSPS) is 10.9. The number of carbonyl (C=O) groups is 1. The van der Waals surface area contributed by atoms with Gasteiger partial charge in [-0.25, -0.2) is 4.79 Å². The van der Waals surface area contributed by atoms with E-state index < -0.39 is 12.6 Å². The molecule has 1 aromatic carbocycles. The van der Waals surface area contributed by atoms with E-state index in [2.05, 4.69) is 4.74 Å². The molecule has 0 aliphatic carbocycles. The van der Waals surface area contributed by atoms with E-state index in [4.69, 9.17) is 9.84 Å². The van der Waals surface area contributed by atoms with Gasteiger partial charge in [-0.1, -0.05) is 12.1 Å². The van der Waals surface area contributed by atoms with E-state index in [1.807, 2.05) is 0 Å². The SMILES string of the molecule is CCOc1cccc(/C=C/C(=O)O)c1OC(F)F. The lowest BCUT2D eigenvalue weighted by molar-refractivity contribution is -0.131. The summed E-state index contributed by atoms with van der Waals surface area (Å²) < 4.78 is 34.1. The number of carboxylic acid groups (broad SMARTS) is 1. The van der Waals surface area contributed by atoms with Crippen LogP contribution in [0.25, 0.3) is 6.08 Å². The quantitative estimate of drug-likeness (QED) is 0.797. The molecule has 4 nitrogen and oxygen atoms in total. The first-order chi connectivity index (χ1) is 8.54. The van der Waals surface area contributed by atoms with Gasteiger partial charge in [0.2, 0.25) is 0 Å². The minimum atomic E-state index is -3.01. The highest BCUT2D eigenvalue weighted by atomic mass is 19.3. The summed E-state index contributed by atoms with van der Waals surface area (Å²) >= 11 is 0. The second-order valence-electron chi connectivity index (χ2n) is 3.16. The zero-order valence-corrected chi connectivity index (χ0v) is 9.60. The number of ether oxygens (including phenoxy) is 2. The van der Waals surface area contributed by atoms with E-state index in [0.717, 1.165) is 6.08 Å². The molecule has 0 saturated heterocycles. The van der Waals surface area contributed by atoms with Crippen molar-refractivity contribution in [3.05, 3.63) is 29.8 Å². The maximum Gasteiger partial charge on any atom is 0.387 e. The van der Waals surface area contributed by atoms with Crippen molar-refractivity contribution in [1.29, 1.82) is 0 Å². The van der Waals surface area contributed by atoms with Crippen LogP contribution < -0.4 is 9.47 Å². The van der Waals surface area contributed by atoms with Crippen LogP contribution in [0, 0.1) is 0 Å². The Labute approximate surface area is 102 Å². The predicted octanol–water partition coefficient (Wildman–Crippen LogP) is 2.78. The first kappa shape index (κ1) is 14.0. The van der Waals surface area contributed by atoms with Crippen LogP contribution in [0.5, 0.6) is 11.5 Å². The summed E-state index contributed by atoms with van der Waals surface area (Å²) in [6, 6.07) is 4.49. The average molecular weight is 258 g/mol. The van der Waals surface area contributed by atoms with Crippen LogP contribution in [0.3, 0.4) is 0 Å². The standard InChI is InChI=1S/C12H12F2O4/c1-2-17-9-5-3-4-8(6-7-10(15)16)11(9)18-12(13)14/h3-7,12H,2H2,1H3,(H,15,16)/b7-6+. The molecular formula is C12H12F2O4. The minimum absolute atomic E-state index is 0.144. The maximum atomic E-state index is 12.3. The number of para-hydroxylation sites is 1. The second-order valence-corrected chi connectivity index (χ2v) is 3.16. The first-order valence-electron chi connectivity index (χ1n) is 5.16. The fraction of sp³-hybridized carbons (Fsp3) is 0.250. The third-order valence-electron chi connectivity index (χ3n) is 1.92. The third kappa shape index (κ3) is 4.04. The second kappa shape index (κ2) is 6.58. The molecule has 1 N–H and O–H groups in total. The lowest BCUT2D eigenvalue weighted by Gasteiger charge is -2.13. The highest BCUT2D eigenvalue weighted by Gasteiger charge is 2.14. The van der Waals surface area contributed by atoms with Gasteiger partial charge in [0, 0.05) is 11.6 Å². The van der Waals surface area contributed by atoms with Crippen LogP contribution in [0.2, 0.25) is 0 Å². The first-order valence-corrected chi connectivity index (χ1v) is 5.16. The molecular weight excluding hydrogens is 246 g/mol. The van der Waals surface area contributed by atoms with E-state index in [9.17, 15) is 13.6 Å². The Balaban J connectivity index is 3.14. The number of halogens is 2. The smallest absolute Gasteiger partial charge is 0.387 e.